The molecule has 1 unspecified atom stereocenters. The summed E-state index contributed by atoms with van der Waals surface area (Å²) in [6, 6.07) is 31.7. The number of amides is 1. The first-order valence-corrected chi connectivity index (χ1v) is 16.4. The number of aryl methyl sites for hydroxylation is 1. The predicted molar refractivity (Wildman–Crippen MR) is 181 cm³/mol. The van der Waals surface area contributed by atoms with Gasteiger partial charge in [-0.2, -0.15) is 5.10 Å². The fourth-order valence-corrected chi connectivity index (χ4v) is 6.71. The third kappa shape index (κ3) is 6.40. The van der Waals surface area contributed by atoms with E-state index in [2.05, 4.69) is 94.7 Å². The van der Waals surface area contributed by atoms with Gasteiger partial charge in [0, 0.05) is 30.4 Å². The normalized spacial score (nSPS) is 15.8. The van der Waals surface area contributed by atoms with Crippen molar-refractivity contribution in [2.45, 2.75) is 70.7 Å². The van der Waals surface area contributed by atoms with E-state index in [1.54, 1.807) is 6.92 Å². The molecule has 2 heterocycles. The third-order valence-electron chi connectivity index (χ3n) is 8.57. The van der Waals surface area contributed by atoms with E-state index < -0.39 is 23.2 Å². The molecule has 47 heavy (non-hydrogen) atoms. The zero-order valence-corrected chi connectivity index (χ0v) is 27.5. The van der Waals surface area contributed by atoms with Crippen LogP contribution in [0.5, 0.6) is 0 Å². The van der Waals surface area contributed by atoms with Crippen LogP contribution in [0, 0.1) is 0 Å². The number of carbonyl (C=O) groups is 2. The van der Waals surface area contributed by atoms with Gasteiger partial charge < -0.3 is 14.8 Å². The summed E-state index contributed by atoms with van der Waals surface area (Å²) in [7, 11) is 0. The number of hydrogen-bond acceptors (Lipinski definition) is 7. The standard InChI is InChI=1S/C38H43N5O4/c1-5-46-35(44)33-30-22-23-32-31(34(30)42(41-33)25-15-24-39-36(45)47-37(2,3)4)26-43(40-32)38(27-16-9-6-10-17-27,28-18-11-7-12-19-28)29-20-13-8-14-21-29/h6-14,16-21,26,32,40H,5,15,22-25H2,1-4H3,(H,39,45). The van der Waals surface area contributed by atoms with Crippen molar-refractivity contribution in [3.63, 3.8) is 0 Å². The average Bonchev–Trinajstić information content (AvgIpc) is 3.66. The molecule has 9 nitrogen and oxygen atoms in total. The quantitative estimate of drug-likeness (QED) is 0.118. The Balaban J connectivity index is 1.42. The number of hydrogen-bond donors (Lipinski definition) is 2. The molecule has 244 valence electrons. The van der Waals surface area contributed by atoms with Gasteiger partial charge in [0.1, 0.15) is 11.1 Å². The van der Waals surface area contributed by atoms with E-state index in [9.17, 15) is 9.59 Å². The second-order valence-electron chi connectivity index (χ2n) is 12.9. The molecule has 0 bridgehead atoms. The first-order valence-electron chi connectivity index (χ1n) is 16.4. The largest absolute Gasteiger partial charge is 0.461 e. The van der Waals surface area contributed by atoms with Crippen molar-refractivity contribution >= 4 is 17.6 Å². The molecule has 9 heteroatoms. The zero-order chi connectivity index (χ0) is 33.0. The molecular formula is C38H43N5O4. The zero-order valence-electron chi connectivity index (χ0n) is 27.5. The molecule has 0 spiro atoms. The van der Waals surface area contributed by atoms with Gasteiger partial charge in [-0.15, -0.1) is 0 Å². The molecule has 3 aromatic carbocycles. The summed E-state index contributed by atoms with van der Waals surface area (Å²) in [5.74, 6) is -0.413. The van der Waals surface area contributed by atoms with E-state index >= 15 is 0 Å². The van der Waals surface area contributed by atoms with Gasteiger partial charge in [-0.05, 0) is 63.6 Å². The highest BCUT2D eigenvalue weighted by Crippen LogP contribution is 2.46. The van der Waals surface area contributed by atoms with Gasteiger partial charge in [-0.1, -0.05) is 91.0 Å². The van der Waals surface area contributed by atoms with Crippen molar-refractivity contribution in [2.24, 2.45) is 0 Å². The van der Waals surface area contributed by atoms with E-state index in [0.717, 1.165) is 39.9 Å². The van der Waals surface area contributed by atoms with Gasteiger partial charge in [0.05, 0.1) is 18.3 Å². The second-order valence-corrected chi connectivity index (χ2v) is 12.9. The number of nitrogens with zero attached hydrogens (tertiary/aromatic N) is 3. The maximum absolute atomic E-state index is 13.1. The first-order chi connectivity index (χ1) is 22.7. The van der Waals surface area contributed by atoms with Gasteiger partial charge >= 0.3 is 12.1 Å². The maximum atomic E-state index is 13.1. The molecule has 0 radical (unpaired) electrons. The lowest BCUT2D eigenvalue weighted by atomic mass is 9.76. The summed E-state index contributed by atoms with van der Waals surface area (Å²) in [4.78, 5) is 25.4. The van der Waals surface area contributed by atoms with Crippen molar-refractivity contribution < 1.29 is 19.1 Å². The Kier molecular flexibility index (Phi) is 9.18. The molecule has 0 fully saturated rings. The molecule has 0 saturated carbocycles. The molecule has 1 atom stereocenters. The Morgan fingerprint density at radius 1 is 0.915 bits per heavy atom. The smallest absolute Gasteiger partial charge is 0.407 e. The first kappa shape index (κ1) is 32.1. The number of nitrogens with one attached hydrogen (secondary N) is 2. The molecule has 6 rings (SSSR count). The minimum Gasteiger partial charge on any atom is -0.461 e. The van der Waals surface area contributed by atoms with Crippen LogP contribution in [0.25, 0.3) is 5.57 Å². The second kappa shape index (κ2) is 13.5. The molecule has 1 amide bonds. The Labute approximate surface area is 276 Å². The van der Waals surface area contributed by atoms with Crippen LogP contribution in [-0.2, 0) is 28.0 Å². The van der Waals surface area contributed by atoms with Crippen LogP contribution in [0.15, 0.2) is 97.2 Å². The van der Waals surface area contributed by atoms with Crippen molar-refractivity contribution in [1.82, 2.24) is 25.5 Å². The van der Waals surface area contributed by atoms with Crippen molar-refractivity contribution in [3.8, 4) is 0 Å². The summed E-state index contributed by atoms with van der Waals surface area (Å²) >= 11 is 0. The highest BCUT2D eigenvalue weighted by molar-refractivity contribution is 5.91. The SMILES string of the molecule is CCOC(=O)c1nn(CCCNC(=O)OC(C)(C)C)c2c1CCC1NN(C(c3ccccc3)(c3ccccc3)c3ccccc3)C=C21. The number of benzene rings is 3. The van der Waals surface area contributed by atoms with Gasteiger partial charge in [0.2, 0.25) is 0 Å². The molecule has 1 aliphatic heterocycles. The van der Waals surface area contributed by atoms with E-state index in [-0.39, 0.29) is 12.6 Å². The summed E-state index contributed by atoms with van der Waals surface area (Å²) in [6.45, 7) is 8.50. The topological polar surface area (TPSA) is 97.7 Å². The van der Waals surface area contributed by atoms with E-state index in [0.29, 0.717) is 31.6 Å². The van der Waals surface area contributed by atoms with Crippen molar-refractivity contribution in [1.29, 1.82) is 0 Å². The fraction of sp³-hybridized carbons (Fsp3) is 0.342. The third-order valence-corrected chi connectivity index (χ3v) is 8.57. The van der Waals surface area contributed by atoms with Gasteiger partial charge in [0.15, 0.2) is 5.69 Å². The lowest BCUT2D eigenvalue weighted by Gasteiger charge is -2.44. The molecule has 1 aromatic heterocycles. The van der Waals surface area contributed by atoms with Crippen molar-refractivity contribution in [2.75, 3.05) is 13.2 Å². The van der Waals surface area contributed by atoms with E-state index in [1.165, 1.54) is 0 Å². The monoisotopic (exact) mass is 633 g/mol. The number of hydrazine groups is 1. The number of ether oxygens (including phenoxy) is 2. The van der Waals surface area contributed by atoms with Crippen LogP contribution >= 0.6 is 0 Å². The maximum Gasteiger partial charge on any atom is 0.407 e. The summed E-state index contributed by atoms with van der Waals surface area (Å²) in [5, 5.41) is 9.90. The van der Waals surface area contributed by atoms with Crippen molar-refractivity contribution in [3.05, 3.63) is 131 Å². The number of fused-ring (bicyclic) bond motifs is 3. The lowest BCUT2D eigenvalue weighted by Crippen LogP contribution is -2.52. The lowest BCUT2D eigenvalue weighted by molar-refractivity contribution is 0.0512. The predicted octanol–water partition coefficient (Wildman–Crippen LogP) is 6.44. The number of carbonyl (C=O) groups excluding carboxylic acids is 2. The number of alkyl carbamates (subject to hydrolysis) is 1. The average molecular weight is 634 g/mol. The summed E-state index contributed by atoms with van der Waals surface area (Å²) < 4.78 is 12.7. The van der Waals surface area contributed by atoms with Gasteiger partial charge in [0.25, 0.3) is 0 Å². The Morgan fingerprint density at radius 2 is 1.49 bits per heavy atom. The number of rotatable bonds is 10. The molecule has 2 N–H and O–H groups in total. The molecule has 0 saturated heterocycles. The van der Waals surface area contributed by atoms with Crippen LogP contribution in [0.4, 0.5) is 4.79 Å². The number of aromatic nitrogens is 2. The Hall–Kier alpha value is -4.89. The van der Waals surface area contributed by atoms with Crippen LogP contribution in [-0.4, -0.2) is 51.6 Å². The highest BCUT2D eigenvalue weighted by Gasteiger charge is 2.47. The Bertz CT molecular complexity index is 1630. The summed E-state index contributed by atoms with van der Waals surface area (Å²) in [6.07, 6.45) is 3.82. The minimum atomic E-state index is -0.694. The van der Waals surface area contributed by atoms with Gasteiger partial charge in [-0.25, -0.2) is 15.0 Å². The molecule has 1 aliphatic carbocycles. The number of esters is 1. The summed E-state index contributed by atoms with van der Waals surface area (Å²) in [5.41, 5.74) is 9.23. The van der Waals surface area contributed by atoms with E-state index in [1.807, 2.05) is 43.7 Å². The van der Waals surface area contributed by atoms with Crippen LogP contribution in [0.2, 0.25) is 0 Å². The molecule has 4 aromatic rings. The highest BCUT2D eigenvalue weighted by atomic mass is 16.6. The van der Waals surface area contributed by atoms with E-state index in [4.69, 9.17) is 14.6 Å². The Morgan fingerprint density at radius 3 is 2.02 bits per heavy atom. The van der Waals surface area contributed by atoms with Gasteiger partial charge in [-0.3, -0.25) is 9.69 Å². The molecule has 2 aliphatic rings. The van der Waals surface area contributed by atoms with Crippen LogP contribution in [0.1, 0.15) is 79.0 Å². The van der Waals surface area contributed by atoms with Crippen LogP contribution in [0.3, 0.4) is 0 Å². The minimum absolute atomic E-state index is 0.00314. The van der Waals surface area contributed by atoms with Crippen LogP contribution < -0.4 is 10.7 Å². The molecular weight excluding hydrogens is 590 g/mol. The fourth-order valence-electron chi connectivity index (χ4n) is 6.71.